The zero-order chi connectivity index (χ0) is 20.8. The van der Waals surface area contributed by atoms with E-state index in [1.54, 1.807) is 35.3 Å². The van der Waals surface area contributed by atoms with Crippen LogP contribution in [0.1, 0.15) is 10.5 Å². The Balaban J connectivity index is 1.24. The van der Waals surface area contributed by atoms with E-state index in [1.165, 1.54) is 0 Å². The fourth-order valence-corrected chi connectivity index (χ4v) is 3.42. The van der Waals surface area contributed by atoms with Crippen molar-refractivity contribution in [1.82, 2.24) is 30.3 Å². The Morgan fingerprint density at radius 1 is 1.03 bits per heavy atom. The first kappa shape index (κ1) is 19.5. The largest absolute Gasteiger partial charge is 0.367 e. The van der Waals surface area contributed by atoms with Crippen LogP contribution in [0.3, 0.4) is 0 Å². The number of thiophene rings is 1. The fourth-order valence-electron chi connectivity index (χ4n) is 2.74. The summed E-state index contributed by atoms with van der Waals surface area (Å²) in [4.78, 5) is 17.7. The van der Waals surface area contributed by atoms with Crippen LogP contribution in [-0.2, 0) is 7.05 Å². The van der Waals surface area contributed by atoms with Gasteiger partial charge in [-0.2, -0.15) is 5.10 Å². The van der Waals surface area contributed by atoms with Crippen LogP contribution in [0.5, 0.6) is 0 Å². The molecule has 0 saturated carbocycles. The monoisotopic (exact) mass is 420 g/mol. The molecule has 0 unspecified atom stereocenters. The molecular weight excluding hydrogens is 400 g/mol. The molecule has 1 amide bonds. The van der Waals surface area contributed by atoms with E-state index in [2.05, 4.69) is 36.2 Å². The molecule has 0 aliphatic heterocycles. The van der Waals surface area contributed by atoms with Gasteiger partial charge in [-0.1, -0.05) is 12.1 Å². The summed E-state index contributed by atoms with van der Waals surface area (Å²) in [6.07, 6.45) is 1.70. The molecule has 0 radical (unpaired) electrons. The first-order chi connectivity index (χ1) is 14.7. The van der Waals surface area contributed by atoms with Gasteiger partial charge in [-0.05, 0) is 41.8 Å². The van der Waals surface area contributed by atoms with E-state index in [0.717, 1.165) is 10.6 Å². The van der Waals surface area contributed by atoms with Gasteiger partial charge in [0, 0.05) is 26.3 Å². The molecule has 9 nitrogen and oxygen atoms in total. The number of nitrogens with zero attached hydrogens (tertiary/aromatic N) is 5. The van der Waals surface area contributed by atoms with E-state index in [1.807, 2.05) is 47.8 Å². The van der Waals surface area contributed by atoms with Crippen molar-refractivity contribution in [3.63, 3.8) is 0 Å². The number of anilines is 3. The molecule has 3 N–H and O–H groups in total. The molecule has 0 aliphatic carbocycles. The number of pyridine rings is 1. The molecule has 30 heavy (non-hydrogen) atoms. The summed E-state index contributed by atoms with van der Waals surface area (Å²) in [5.41, 5.74) is 1.31. The lowest BCUT2D eigenvalue weighted by Crippen LogP contribution is -2.30. The number of hydrogen-bond acceptors (Lipinski definition) is 8. The van der Waals surface area contributed by atoms with Crippen LogP contribution >= 0.6 is 11.3 Å². The first-order valence-electron chi connectivity index (χ1n) is 9.31. The lowest BCUT2D eigenvalue weighted by atomic mass is 10.3. The quantitative estimate of drug-likeness (QED) is 0.376. The van der Waals surface area contributed by atoms with E-state index in [0.29, 0.717) is 36.2 Å². The number of carbonyl (C=O) groups excluding carboxylic acids is 1. The molecule has 0 spiro atoms. The maximum absolute atomic E-state index is 12.4. The molecule has 0 atom stereocenters. The van der Waals surface area contributed by atoms with Crippen LogP contribution in [0.2, 0.25) is 0 Å². The van der Waals surface area contributed by atoms with Crippen molar-refractivity contribution in [2.75, 3.05) is 23.7 Å². The maximum atomic E-state index is 12.4. The number of aromatic nitrogens is 5. The molecule has 0 aromatic carbocycles. The second-order valence-electron chi connectivity index (χ2n) is 6.34. The van der Waals surface area contributed by atoms with Crippen LogP contribution < -0.4 is 16.0 Å². The molecule has 4 rings (SSSR count). The number of rotatable bonds is 8. The molecular formula is C20H20N8OS. The highest BCUT2D eigenvalue weighted by Gasteiger charge is 2.14. The van der Waals surface area contributed by atoms with E-state index in [9.17, 15) is 4.79 Å². The molecule has 0 bridgehead atoms. The summed E-state index contributed by atoms with van der Waals surface area (Å²) in [6.45, 7) is 0.955. The second-order valence-corrected chi connectivity index (χ2v) is 7.29. The van der Waals surface area contributed by atoms with Crippen LogP contribution in [0, 0.1) is 0 Å². The van der Waals surface area contributed by atoms with Gasteiger partial charge >= 0.3 is 0 Å². The maximum Gasteiger partial charge on any atom is 0.269 e. The Labute approximate surface area is 177 Å². The summed E-state index contributed by atoms with van der Waals surface area (Å²) in [5, 5.41) is 23.7. The van der Waals surface area contributed by atoms with Crippen LogP contribution in [0.4, 0.5) is 17.5 Å². The standard InChI is InChI=1S/C20H20N8OS/c1-28-15(13-14(27-28)16-5-4-12-30-16)20(29)23-11-10-22-18-7-8-19(26-25-18)24-17-6-2-3-9-21-17/h2-9,12-13H,10-11H2,1H3,(H,22,25)(H,23,29)(H,21,24,26). The Morgan fingerprint density at radius 2 is 1.90 bits per heavy atom. The van der Waals surface area contributed by atoms with Crippen molar-refractivity contribution in [1.29, 1.82) is 0 Å². The molecule has 4 heterocycles. The molecule has 0 saturated heterocycles. The Hall–Kier alpha value is -3.79. The van der Waals surface area contributed by atoms with Gasteiger partial charge in [0.1, 0.15) is 23.0 Å². The number of hydrogen-bond donors (Lipinski definition) is 3. The predicted octanol–water partition coefficient (Wildman–Crippen LogP) is 2.92. The van der Waals surface area contributed by atoms with Gasteiger partial charge in [0.15, 0.2) is 5.82 Å². The van der Waals surface area contributed by atoms with Crippen molar-refractivity contribution in [3.8, 4) is 10.6 Å². The van der Waals surface area contributed by atoms with Gasteiger partial charge in [-0.3, -0.25) is 9.48 Å². The van der Waals surface area contributed by atoms with Gasteiger partial charge < -0.3 is 16.0 Å². The third kappa shape index (κ3) is 4.78. The van der Waals surface area contributed by atoms with Gasteiger partial charge in [-0.15, -0.1) is 21.5 Å². The number of amides is 1. The average molecular weight is 421 g/mol. The average Bonchev–Trinajstić information content (AvgIpc) is 3.43. The van der Waals surface area contributed by atoms with Crippen LogP contribution in [0.25, 0.3) is 10.6 Å². The normalized spacial score (nSPS) is 10.6. The highest BCUT2D eigenvalue weighted by atomic mass is 32.1. The minimum atomic E-state index is -0.171. The number of nitrogens with one attached hydrogen (secondary N) is 3. The smallest absolute Gasteiger partial charge is 0.269 e. The Bertz CT molecular complexity index is 1090. The van der Waals surface area contributed by atoms with Gasteiger partial charge in [0.05, 0.1) is 4.88 Å². The summed E-state index contributed by atoms with van der Waals surface area (Å²) in [7, 11) is 1.76. The van der Waals surface area contributed by atoms with Crippen molar-refractivity contribution in [3.05, 3.63) is 65.8 Å². The van der Waals surface area contributed by atoms with E-state index in [-0.39, 0.29) is 5.91 Å². The van der Waals surface area contributed by atoms with Crippen molar-refractivity contribution >= 4 is 34.7 Å². The molecule has 152 valence electrons. The number of aryl methyl sites for hydroxylation is 1. The fraction of sp³-hybridized carbons (Fsp3) is 0.150. The van der Waals surface area contributed by atoms with Crippen molar-refractivity contribution < 1.29 is 4.79 Å². The zero-order valence-electron chi connectivity index (χ0n) is 16.2. The predicted molar refractivity (Wildman–Crippen MR) is 117 cm³/mol. The van der Waals surface area contributed by atoms with Crippen molar-refractivity contribution in [2.45, 2.75) is 0 Å². The second kappa shape index (κ2) is 9.14. The minimum Gasteiger partial charge on any atom is -0.367 e. The van der Waals surface area contributed by atoms with Crippen LogP contribution in [-0.4, -0.2) is 44.0 Å². The summed E-state index contributed by atoms with van der Waals surface area (Å²) in [5.74, 6) is 1.75. The van der Waals surface area contributed by atoms with E-state index in [4.69, 9.17) is 0 Å². The molecule has 4 aromatic heterocycles. The van der Waals surface area contributed by atoms with E-state index < -0.39 is 0 Å². The first-order valence-corrected chi connectivity index (χ1v) is 10.2. The molecule has 0 aliphatic rings. The minimum absolute atomic E-state index is 0.171. The SMILES string of the molecule is Cn1nc(-c2cccs2)cc1C(=O)NCCNc1ccc(Nc2ccccn2)nn1. The Kier molecular flexibility index (Phi) is 5.95. The van der Waals surface area contributed by atoms with Gasteiger partial charge in [0.25, 0.3) is 5.91 Å². The highest BCUT2D eigenvalue weighted by molar-refractivity contribution is 7.13. The lowest BCUT2D eigenvalue weighted by molar-refractivity contribution is 0.0946. The Morgan fingerprint density at radius 3 is 2.63 bits per heavy atom. The number of carbonyl (C=O) groups is 1. The molecule has 10 heteroatoms. The third-order valence-electron chi connectivity index (χ3n) is 4.19. The lowest BCUT2D eigenvalue weighted by Gasteiger charge is -2.08. The van der Waals surface area contributed by atoms with E-state index >= 15 is 0 Å². The van der Waals surface area contributed by atoms with Gasteiger partial charge in [-0.25, -0.2) is 4.98 Å². The summed E-state index contributed by atoms with van der Waals surface area (Å²) >= 11 is 1.59. The third-order valence-corrected chi connectivity index (χ3v) is 5.08. The van der Waals surface area contributed by atoms with Crippen molar-refractivity contribution in [2.24, 2.45) is 7.05 Å². The summed E-state index contributed by atoms with van der Waals surface area (Å²) < 4.78 is 1.59. The van der Waals surface area contributed by atoms with Gasteiger partial charge in [0.2, 0.25) is 0 Å². The zero-order valence-corrected chi connectivity index (χ0v) is 17.1. The summed E-state index contributed by atoms with van der Waals surface area (Å²) in [6, 6.07) is 15.0. The van der Waals surface area contributed by atoms with Crippen LogP contribution in [0.15, 0.2) is 60.1 Å². The molecule has 4 aromatic rings. The topological polar surface area (TPSA) is 110 Å². The molecule has 0 fully saturated rings. The highest BCUT2D eigenvalue weighted by Crippen LogP contribution is 2.23.